The van der Waals surface area contributed by atoms with Gasteiger partial charge in [-0.2, -0.15) is 0 Å². The van der Waals surface area contributed by atoms with Crippen molar-refractivity contribution in [3.63, 3.8) is 0 Å². The van der Waals surface area contributed by atoms with Crippen molar-refractivity contribution in [3.8, 4) is 0 Å². The standard InChI is InChI=1S/C18H29FN2/c1-14-11-17(19)6-5-16(14)8-10-21-9-7-15(13-21)12-20-18(2,3)4/h5-6,11,15,20H,7-10,12-13H2,1-4H3. The number of rotatable bonds is 5. The molecular formula is C18H29FN2. The van der Waals surface area contributed by atoms with Crippen LogP contribution in [0.3, 0.4) is 0 Å². The van der Waals surface area contributed by atoms with Gasteiger partial charge in [0.1, 0.15) is 5.82 Å². The number of nitrogens with zero attached hydrogens (tertiary/aromatic N) is 1. The van der Waals surface area contributed by atoms with E-state index in [4.69, 9.17) is 0 Å². The van der Waals surface area contributed by atoms with Gasteiger partial charge in [0.2, 0.25) is 0 Å². The predicted octanol–water partition coefficient (Wildman–Crippen LogP) is 3.39. The molecule has 2 nitrogen and oxygen atoms in total. The highest BCUT2D eigenvalue weighted by Crippen LogP contribution is 2.18. The number of nitrogens with one attached hydrogen (secondary N) is 1. The number of hydrogen-bond donors (Lipinski definition) is 1. The van der Waals surface area contributed by atoms with E-state index in [1.165, 1.54) is 25.1 Å². The van der Waals surface area contributed by atoms with E-state index < -0.39 is 0 Å². The molecule has 1 N–H and O–H groups in total. The van der Waals surface area contributed by atoms with Crippen LogP contribution in [0.25, 0.3) is 0 Å². The van der Waals surface area contributed by atoms with Crippen LogP contribution >= 0.6 is 0 Å². The van der Waals surface area contributed by atoms with Gasteiger partial charge in [-0.15, -0.1) is 0 Å². The van der Waals surface area contributed by atoms with Gasteiger partial charge in [0.15, 0.2) is 0 Å². The average Bonchev–Trinajstić information content (AvgIpc) is 2.82. The Morgan fingerprint density at radius 3 is 2.76 bits per heavy atom. The highest BCUT2D eigenvalue weighted by Gasteiger charge is 2.23. The third-order valence-electron chi connectivity index (χ3n) is 4.29. The minimum atomic E-state index is -0.134. The molecule has 1 heterocycles. The summed E-state index contributed by atoms with van der Waals surface area (Å²) in [5, 5.41) is 3.61. The Morgan fingerprint density at radius 1 is 1.33 bits per heavy atom. The molecule has 2 rings (SSSR count). The van der Waals surface area contributed by atoms with Crippen LogP contribution in [0, 0.1) is 18.7 Å². The zero-order valence-electron chi connectivity index (χ0n) is 13.9. The zero-order chi connectivity index (χ0) is 15.5. The molecule has 1 aromatic carbocycles. The third kappa shape index (κ3) is 5.40. The van der Waals surface area contributed by atoms with E-state index >= 15 is 0 Å². The first-order chi connectivity index (χ1) is 9.83. The van der Waals surface area contributed by atoms with Gasteiger partial charge in [0.05, 0.1) is 0 Å². The molecule has 1 aliphatic heterocycles. The minimum Gasteiger partial charge on any atom is -0.312 e. The first-order valence-electron chi connectivity index (χ1n) is 8.06. The van der Waals surface area contributed by atoms with Gasteiger partial charge >= 0.3 is 0 Å². The van der Waals surface area contributed by atoms with Gasteiger partial charge in [-0.05, 0) is 82.8 Å². The lowest BCUT2D eigenvalue weighted by molar-refractivity contribution is 0.314. The summed E-state index contributed by atoms with van der Waals surface area (Å²) in [6.45, 7) is 13.2. The highest BCUT2D eigenvalue weighted by atomic mass is 19.1. The number of benzene rings is 1. The topological polar surface area (TPSA) is 15.3 Å². The first-order valence-corrected chi connectivity index (χ1v) is 8.06. The molecule has 1 aliphatic rings. The molecule has 0 amide bonds. The van der Waals surface area contributed by atoms with Gasteiger partial charge < -0.3 is 10.2 Å². The molecule has 0 aliphatic carbocycles. The molecule has 0 aromatic heterocycles. The lowest BCUT2D eigenvalue weighted by atomic mass is 10.0. The predicted molar refractivity (Wildman–Crippen MR) is 87.1 cm³/mol. The SMILES string of the molecule is Cc1cc(F)ccc1CCN1CCC(CNC(C)(C)C)C1. The van der Waals surface area contributed by atoms with Gasteiger partial charge in [0.25, 0.3) is 0 Å². The van der Waals surface area contributed by atoms with Gasteiger partial charge in [-0.1, -0.05) is 6.07 Å². The van der Waals surface area contributed by atoms with Gasteiger partial charge in [-0.25, -0.2) is 4.39 Å². The second kappa shape index (κ2) is 6.89. The smallest absolute Gasteiger partial charge is 0.123 e. The number of aryl methyl sites for hydroxylation is 1. The largest absolute Gasteiger partial charge is 0.312 e. The molecule has 0 bridgehead atoms. The lowest BCUT2D eigenvalue weighted by Gasteiger charge is -2.23. The Labute approximate surface area is 128 Å². The van der Waals surface area contributed by atoms with Crippen LogP contribution in [0.5, 0.6) is 0 Å². The molecule has 1 fully saturated rings. The van der Waals surface area contributed by atoms with Gasteiger partial charge in [0, 0.05) is 18.6 Å². The molecule has 21 heavy (non-hydrogen) atoms. The average molecular weight is 292 g/mol. The van der Waals surface area contributed by atoms with E-state index in [1.54, 1.807) is 12.1 Å². The maximum Gasteiger partial charge on any atom is 0.123 e. The van der Waals surface area contributed by atoms with Crippen LogP contribution in [0.4, 0.5) is 4.39 Å². The van der Waals surface area contributed by atoms with E-state index in [-0.39, 0.29) is 11.4 Å². The third-order valence-corrected chi connectivity index (χ3v) is 4.29. The van der Waals surface area contributed by atoms with Gasteiger partial charge in [-0.3, -0.25) is 0 Å². The van der Waals surface area contributed by atoms with Crippen molar-refractivity contribution < 1.29 is 4.39 Å². The fraction of sp³-hybridized carbons (Fsp3) is 0.667. The summed E-state index contributed by atoms with van der Waals surface area (Å²) in [5.41, 5.74) is 2.55. The molecule has 3 heteroatoms. The minimum absolute atomic E-state index is 0.134. The summed E-state index contributed by atoms with van der Waals surface area (Å²) in [7, 11) is 0. The molecule has 0 radical (unpaired) electrons. The second-order valence-electron chi connectivity index (χ2n) is 7.41. The van der Waals surface area contributed by atoms with Crippen LogP contribution in [0.15, 0.2) is 18.2 Å². The fourth-order valence-electron chi connectivity index (χ4n) is 2.95. The second-order valence-corrected chi connectivity index (χ2v) is 7.41. The molecule has 0 saturated carbocycles. The summed E-state index contributed by atoms with van der Waals surface area (Å²) < 4.78 is 13.1. The molecule has 1 unspecified atom stereocenters. The summed E-state index contributed by atoms with van der Waals surface area (Å²) in [6, 6.07) is 5.14. The molecule has 118 valence electrons. The number of hydrogen-bond acceptors (Lipinski definition) is 2. The van der Waals surface area contributed by atoms with Crippen molar-refractivity contribution in [2.45, 2.75) is 46.1 Å². The first kappa shape index (κ1) is 16.4. The van der Waals surface area contributed by atoms with Crippen molar-refractivity contribution in [2.24, 2.45) is 5.92 Å². The molecule has 1 atom stereocenters. The Balaban J connectivity index is 1.75. The van der Waals surface area contributed by atoms with Crippen molar-refractivity contribution in [1.82, 2.24) is 10.2 Å². The Kier molecular flexibility index (Phi) is 5.39. The van der Waals surface area contributed by atoms with E-state index in [9.17, 15) is 4.39 Å². The van der Waals surface area contributed by atoms with Crippen molar-refractivity contribution in [1.29, 1.82) is 0 Å². The highest BCUT2D eigenvalue weighted by molar-refractivity contribution is 5.26. The monoisotopic (exact) mass is 292 g/mol. The summed E-state index contributed by atoms with van der Waals surface area (Å²) >= 11 is 0. The molecule has 1 aromatic rings. The van der Waals surface area contributed by atoms with Crippen LogP contribution < -0.4 is 5.32 Å². The van der Waals surface area contributed by atoms with Crippen molar-refractivity contribution >= 4 is 0 Å². The van der Waals surface area contributed by atoms with Crippen LogP contribution in [0.2, 0.25) is 0 Å². The molecule has 1 saturated heterocycles. The Hall–Kier alpha value is -0.930. The van der Waals surface area contributed by atoms with E-state index in [2.05, 4.69) is 31.0 Å². The zero-order valence-corrected chi connectivity index (χ0v) is 13.9. The number of likely N-dealkylation sites (tertiary alicyclic amines) is 1. The fourth-order valence-corrected chi connectivity index (χ4v) is 2.95. The van der Waals surface area contributed by atoms with E-state index in [0.29, 0.717) is 0 Å². The maximum atomic E-state index is 13.1. The normalized spacial score (nSPS) is 20.1. The molecule has 0 spiro atoms. The summed E-state index contributed by atoms with van der Waals surface area (Å²) in [4.78, 5) is 2.54. The Bertz CT molecular complexity index is 465. The van der Waals surface area contributed by atoms with E-state index in [1.807, 2.05) is 13.0 Å². The van der Waals surface area contributed by atoms with Crippen molar-refractivity contribution in [3.05, 3.63) is 35.1 Å². The summed E-state index contributed by atoms with van der Waals surface area (Å²) in [5.74, 6) is 0.629. The summed E-state index contributed by atoms with van der Waals surface area (Å²) in [6.07, 6.45) is 2.30. The van der Waals surface area contributed by atoms with Crippen LogP contribution in [-0.4, -0.2) is 36.6 Å². The Morgan fingerprint density at radius 2 is 2.10 bits per heavy atom. The van der Waals surface area contributed by atoms with Crippen LogP contribution in [-0.2, 0) is 6.42 Å². The maximum absolute atomic E-state index is 13.1. The number of halogens is 1. The quantitative estimate of drug-likeness (QED) is 0.895. The van der Waals surface area contributed by atoms with Crippen molar-refractivity contribution in [2.75, 3.05) is 26.2 Å². The van der Waals surface area contributed by atoms with Crippen LogP contribution in [0.1, 0.15) is 38.3 Å². The molecular weight excluding hydrogens is 263 g/mol. The van der Waals surface area contributed by atoms with E-state index in [0.717, 1.165) is 31.0 Å². The lowest BCUT2D eigenvalue weighted by Crippen LogP contribution is -2.39.